The molecule has 0 radical (unpaired) electrons. The van der Waals surface area contributed by atoms with Crippen molar-refractivity contribution in [3.63, 3.8) is 0 Å². The van der Waals surface area contributed by atoms with Crippen molar-refractivity contribution in [1.82, 2.24) is 0 Å². The summed E-state index contributed by atoms with van der Waals surface area (Å²) in [4.78, 5) is 0. The number of halogens is 2. The zero-order valence-corrected chi connectivity index (χ0v) is 9.81. The Labute approximate surface area is 98.5 Å². The number of aliphatic hydroxyl groups is 1. The summed E-state index contributed by atoms with van der Waals surface area (Å²) in [5, 5.41) is 9.96. The second-order valence-electron chi connectivity index (χ2n) is 2.88. The molecule has 0 heterocycles. The maximum Gasteiger partial charge on any atom is 0.143 e. The van der Waals surface area contributed by atoms with Gasteiger partial charge in [-0.3, -0.25) is 0 Å². The van der Waals surface area contributed by atoms with E-state index >= 15 is 0 Å². The number of aliphatic hydroxyl groups excluding tert-OH is 1. The van der Waals surface area contributed by atoms with Gasteiger partial charge in [0.15, 0.2) is 0 Å². The molecule has 0 amide bonds. The molecule has 0 saturated heterocycles. The average Bonchev–Trinajstić information content (AvgIpc) is 2.20. The minimum atomic E-state index is -0.164. The van der Waals surface area contributed by atoms with Crippen LogP contribution in [-0.2, 0) is 11.3 Å². The van der Waals surface area contributed by atoms with Crippen LogP contribution in [0.25, 0.3) is 0 Å². The Hall–Kier alpha value is -0.480. The van der Waals surface area contributed by atoms with Crippen LogP contribution in [0.5, 0.6) is 5.75 Å². The van der Waals surface area contributed by atoms with Crippen molar-refractivity contribution in [1.29, 1.82) is 0 Å². The first-order chi connectivity index (χ1) is 7.19. The van der Waals surface area contributed by atoms with Gasteiger partial charge in [-0.25, -0.2) is 0 Å². The Kier molecular flexibility index (Phi) is 5.19. The van der Waals surface area contributed by atoms with E-state index in [4.69, 9.17) is 37.8 Å². The molecule has 15 heavy (non-hydrogen) atoms. The highest BCUT2D eigenvalue weighted by atomic mass is 35.5. The maximum atomic E-state index is 9.10. The molecule has 0 bridgehead atoms. The molecule has 3 nitrogen and oxygen atoms in total. The Morgan fingerprint density at radius 1 is 1.27 bits per heavy atom. The van der Waals surface area contributed by atoms with Crippen LogP contribution in [0.15, 0.2) is 12.1 Å². The zero-order chi connectivity index (χ0) is 11.3. The molecular formula is C10H12Cl2O3. The Morgan fingerprint density at radius 2 is 2.00 bits per heavy atom. The van der Waals surface area contributed by atoms with Gasteiger partial charge in [0.2, 0.25) is 0 Å². The summed E-state index contributed by atoms with van der Waals surface area (Å²) in [5.41, 5.74) is 0.573. The monoisotopic (exact) mass is 250 g/mol. The first-order valence-corrected chi connectivity index (χ1v) is 5.15. The first kappa shape index (κ1) is 12.6. The van der Waals surface area contributed by atoms with Crippen LogP contribution in [0.2, 0.25) is 10.0 Å². The highest BCUT2D eigenvalue weighted by Gasteiger charge is 2.09. The zero-order valence-electron chi connectivity index (χ0n) is 8.30. The fourth-order valence-electron chi connectivity index (χ4n) is 1.12. The van der Waals surface area contributed by atoms with Gasteiger partial charge in [-0.15, -0.1) is 0 Å². The van der Waals surface area contributed by atoms with Gasteiger partial charge < -0.3 is 14.6 Å². The van der Waals surface area contributed by atoms with E-state index in [0.717, 1.165) is 0 Å². The van der Waals surface area contributed by atoms with Crippen molar-refractivity contribution in [2.24, 2.45) is 0 Å². The summed E-state index contributed by atoms with van der Waals surface area (Å²) in [6.07, 6.45) is 0. The number of hydrogen-bond acceptors (Lipinski definition) is 3. The van der Waals surface area contributed by atoms with Crippen molar-refractivity contribution >= 4 is 23.2 Å². The molecule has 84 valence electrons. The smallest absolute Gasteiger partial charge is 0.143 e. The van der Waals surface area contributed by atoms with Crippen LogP contribution in [0.1, 0.15) is 5.56 Å². The lowest BCUT2D eigenvalue weighted by Gasteiger charge is -2.11. The molecule has 5 heteroatoms. The number of methoxy groups -OCH3 is 1. The Morgan fingerprint density at radius 3 is 2.60 bits per heavy atom. The van der Waals surface area contributed by atoms with Crippen LogP contribution < -0.4 is 4.74 Å². The molecule has 0 aliphatic rings. The molecule has 0 saturated carbocycles. The van der Waals surface area contributed by atoms with Crippen LogP contribution in [0.4, 0.5) is 0 Å². The standard InChI is InChI=1S/C10H12Cl2O3/c1-14-2-3-15-10-7(6-13)4-8(11)5-9(10)12/h4-5,13H,2-3,6H2,1H3. The van der Waals surface area contributed by atoms with E-state index in [9.17, 15) is 0 Å². The lowest BCUT2D eigenvalue weighted by atomic mass is 10.2. The number of benzene rings is 1. The van der Waals surface area contributed by atoms with E-state index in [-0.39, 0.29) is 6.61 Å². The van der Waals surface area contributed by atoms with Crippen molar-refractivity contribution < 1.29 is 14.6 Å². The molecule has 1 N–H and O–H groups in total. The summed E-state index contributed by atoms with van der Waals surface area (Å²) in [5.74, 6) is 0.459. The van der Waals surface area contributed by atoms with Gasteiger partial charge in [0, 0.05) is 17.7 Å². The summed E-state index contributed by atoms with van der Waals surface area (Å²) in [6, 6.07) is 3.19. The second-order valence-corrected chi connectivity index (χ2v) is 3.72. The summed E-state index contributed by atoms with van der Waals surface area (Å²) in [7, 11) is 1.58. The van der Waals surface area contributed by atoms with E-state index in [1.54, 1.807) is 19.2 Å². The minimum absolute atomic E-state index is 0.164. The molecule has 0 atom stereocenters. The third kappa shape index (κ3) is 3.54. The third-order valence-corrected chi connectivity index (χ3v) is 2.29. The topological polar surface area (TPSA) is 38.7 Å². The molecule has 0 spiro atoms. The van der Waals surface area contributed by atoms with Gasteiger partial charge in [0.05, 0.1) is 18.2 Å². The van der Waals surface area contributed by atoms with Gasteiger partial charge >= 0.3 is 0 Å². The SMILES string of the molecule is COCCOc1c(Cl)cc(Cl)cc1CO. The predicted molar refractivity (Wildman–Crippen MR) is 59.8 cm³/mol. The van der Waals surface area contributed by atoms with Crippen LogP contribution in [0, 0.1) is 0 Å². The van der Waals surface area contributed by atoms with Crippen molar-refractivity contribution in [3.8, 4) is 5.75 Å². The minimum Gasteiger partial charge on any atom is -0.489 e. The number of hydrogen-bond donors (Lipinski definition) is 1. The fraction of sp³-hybridized carbons (Fsp3) is 0.400. The second kappa shape index (κ2) is 6.18. The Bertz CT molecular complexity index is 329. The van der Waals surface area contributed by atoms with Crippen molar-refractivity contribution in [3.05, 3.63) is 27.7 Å². The van der Waals surface area contributed by atoms with Crippen molar-refractivity contribution in [2.75, 3.05) is 20.3 Å². The van der Waals surface area contributed by atoms with Crippen LogP contribution >= 0.6 is 23.2 Å². The van der Waals surface area contributed by atoms with Gasteiger partial charge in [-0.05, 0) is 12.1 Å². The molecule has 0 aliphatic carbocycles. The first-order valence-electron chi connectivity index (χ1n) is 4.39. The highest BCUT2D eigenvalue weighted by Crippen LogP contribution is 2.32. The fourth-order valence-corrected chi connectivity index (χ4v) is 1.71. The number of rotatable bonds is 5. The highest BCUT2D eigenvalue weighted by molar-refractivity contribution is 6.35. The van der Waals surface area contributed by atoms with Gasteiger partial charge in [0.25, 0.3) is 0 Å². The molecule has 1 aromatic rings. The normalized spacial score (nSPS) is 10.4. The largest absolute Gasteiger partial charge is 0.489 e. The lowest BCUT2D eigenvalue weighted by Crippen LogP contribution is -2.06. The molecule has 1 rings (SSSR count). The van der Waals surface area contributed by atoms with E-state index in [0.29, 0.717) is 34.6 Å². The number of ether oxygens (including phenoxy) is 2. The van der Waals surface area contributed by atoms with E-state index in [1.807, 2.05) is 0 Å². The maximum absolute atomic E-state index is 9.10. The van der Waals surface area contributed by atoms with E-state index in [2.05, 4.69) is 0 Å². The van der Waals surface area contributed by atoms with E-state index < -0.39 is 0 Å². The van der Waals surface area contributed by atoms with Crippen molar-refractivity contribution in [2.45, 2.75) is 6.61 Å². The van der Waals surface area contributed by atoms with Gasteiger partial charge in [-0.2, -0.15) is 0 Å². The lowest BCUT2D eigenvalue weighted by molar-refractivity contribution is 0.144. The molecule has 1 aromatic carbocycles. The predicted octanol–water partition coefficient (Wildman–Crippen LogP) is 2.51. The molecular weight excluding hydrogens is 239 g/mol. The molecule has 0 unspecified atom stereocenters. The average molecular weight is 251 g/mol. The quantitative estimate of drug-likeness (QED) is 0.817. The molecule has 0 aromatic heterocycles. The third-order valence-electron chi connectivity index (χ3n) is 1.79. The summed E-state index contributed by atoms with van der Waals surface area (Å²) in [6.45, 7) is 0.678. The molecule has 0 fully saturated rings. The summed E-state index contributed by atoms with van der Waals surface area (Å²) >= 11 is 11.7. The summed E-state index contributed by atoms with van der Waals surface area (Å²) < 4.78 is 10.2. The van der Waals surface area contributed by atoms with Gasteiger partial charge in [-0.1, -0.05) is 23.2 Å². The Balaban J connectivity index is 2.84. The van der Waals surface area contributed by atoms with Gasteiger partial charge in [0.1, 0.15) is 12.4 Å². The van der Waals surface area contributed by atoms with Crippen LogP contribution in [-0.4, -0.2) is 25.4 Å². The van der Waals surface area contributed by atoms with Crippen LogP contribution in [0.3, 0.4) is 0 Å². The van der Waals surface area contributed by atoms with E-state index in [1.165, 1.54) is 0 Å². The molecule has 0 aliphatic heterocycles.